The minimum absolute atomic E-state index is 0.00971. The summed E-state index contributed by atoms with van der Waals surface area (Å²) < 4.78 is 39.0. The number of rotatable bonds is 13. The van der Waals surface area contributed by atoms with Gasteiger partial charge in [0.25, 0.3) is 0 Å². The lowest BCUT2D eigenvalue weighted by atomic mass is 10.1. The first kappa shape index (κ1) is 26.6. The molecule has 0 spiro atoms. The summed E-state index contributed by atoms with van der Waals surface area (Å²) in [7, 11) is -2.95. The summed E-state index contributed by atoms with van der Waals surface area (Å²) in [6, 6.07) is 32.8. The number of nitrogens with one attached hydrogen (secondary N) is 1. The van der Waals surface area contributed by atoms with Crippen LogP contribution < -0.4 is 25.4 Å². The summed E-state index contributed by atoms with van der Waals surface area (Å²) in [5, 5.41) is 14.8. The third-order valence-electron chi connectivity index (χ3n) is 5.92. The molecule has 0 aliphatic heterocycles. The minimum atomic E-state index is -2.95. The molecule has 0 aliphatic rings. The van der Waals surface area contributed by atoms with E-state index in [2.05, 4.69) is 5.32 Å². The molecule has 0 saturated carbocycles. The average molecular weight is 520 g/mol. The molecule has 2 N–H and O–H groups in total. The van der Waals surface area contributed by atoms with Crippen molar-refractivity contribution in [3.63, 3.8) is 0 Å². The molecule has 4 aromatic carbocycles. The van der Waals surface area contributed by atoms with Crippen molar-refractivity contribution in [3.05, 3.63) is 121 Å². The maximum Gasteiger partial charge on any atom is 0.178 e. The first-order valence-corrected chi connectivity index (χ1v) is 14.1. The zero-order valence-corrected chi connectivity index (χ0v) is 21.4. The summed E-state index contributed by atoms with van der Waals surface area (Å²) in [5.74, 6) is 0.343. The Morgan fingerprint density at radius 1 is 0.784 bits per heavy atom. The summed E-state index contributed by atoms with van der Waals surface area (Å²) in [6.45, 7) is 1.01. The van der Waals surface area contributed by atoms with Crippen molar-refractivity contribution >= 4 is 17.8 Å². The Morgan fingerprint density at radius 3 is 2.00 bits per heavy atom. The Bertz CT molecular complexity index is 1240. The third-order valence-corrected chi connectivity index (χ3v) is 8.68. The van der Waals surface area contributed by atoms with Crippen LogP contribution in [0.3, 0.4) is 0 Å². The molecule has 7 heteroatoms. The SMILES string of the molecule is O=P(COc1ccc(CCNCC(O)COc2ccccc2F)cc1)(c1ccccc1)c1ccccc1. The van der Waals surface area contributed by atoms with Crippen LogP contribution in [0, 0.1) is 5.82 Å². The second-order valence-electron chi connectivity index (χ2n) is 8.68. The van der Waals surface area contributed by atoms with Gasteiger partial charge in [-0.2, -0.15) is 0 Å². The zero-order chi connectivity index (χ0) is 25.9. The summed E-state index contributed by atoms with van der Waals surface area (Å²) in [5.41, 5.74) is 1.10. The molecule has 0 aromatic heterocycles. The predicted molar refractivity (Wildman–Crippen MR) is 146 cm³/mol. The van der Waals surface area contributed by atoms with Crippen molar-refractivity contribution in [1.29, 1.82) is 0 Å². The number of hydrogen-bond donors (Lipinski definition) is 2. The molecule has 0 radical (unpaired) electrons. The highest BCUT2D eigenvalue weighted by Gasteiger charge is 2.28. The molecule has 0 heterocycles. The van der Waals surface area contributed by atoms with Gasteiger partial charge < -0.3 is 24.5 Å². The Morgan fingerprint density at radius 2 is 1.38 bits per heavy atom. The first-order chi connectivity index (χ1) is 18.0. The smallest absolute Gasteiger partial charge is 0.178 e. The highest BCUT2D eigenvalue weighted by atomic mass is 31.2. The van der Waals surface area contributed by atoms with Crippen LogP contribution in [-0.2, 0) is 11.0 Å². The van der Waals surface area contributed by atoms with Crippen LogP contribution in [0.4, 0.5) is 4.39 Å². The molecule has 0 amide bonds. The van der Waals surface area contributed by atoms with Crippen LogP contribution >= 0.6 is 7.14 Å². The van der Waals surface area contributed by atoms with E-state index in [9.17, 15) is 14.1 Å². The van der Waals surface area contributed by atoms with E-state index in [-0.39, 0.29) is 18.7 Å². The Labute approximate surface area is 217 Å². The van der Waals surface area contributed by atoms with Gasteiger partial charge in [0.15, 0.2) is 18.7 Å². The number of para-hydroxylation sites is 1. The average Bonchev–Trinajstić information content (AvgIpc) is 2.95. The number of aliphatic hydroxyl groups is 1. The molecule has 5 nitrogen and oxygen atoms in total. The second kappa shape index (κ2) is 13.2. The fraction of sp³-hybridized carbons (Fsp3) is 0.200. The van der Waals surface area contributed by atoms with Crippen molar-refractivity contribution in [1.82, 2.24) is 5.32 Å². The van der Waals surface area contributed by atoms with Gasteiger partial charge in [-0.15, -0.1) is 0 Å². The van der Waals surface area contributed by atoms with E-state index >= 15 is 0 Å². The standard InChI is InChI=1S/C30H31FNO4P/c31-29-13-7-8-14-30(29)35-22-25(33)21-32-20-19-24-15-17-26(18-16-24)36-23-37(34,27-9-3-1-4-10-27)28-11-5-2-6-12-28/h1-18,25,32-33H,19-23H2. The van der Waals surface area contributed by atoms with E-state index in [0.29, 0.717) is 18.8 Å². The maximum absolute atomic E-state index is 14.0. The van der Waals surface area contributed by atoms with Crippen molar-refractivity contribution in [2.45, 2.75) is 12.5 Å². The van der Waals surface area contributed by atoms with Crippen LogP contribution in [0.2, 0.25) is 0 Å². The summed E-state index contributed by atoms with van der Waals surface area (Å²) in [6.07, 6.45) is 0.0861. The Kier molecular flexibility index (Phi) is 9.50. The molecule has 0 saturated heterocycles. The molecule has 192 valence electrons. The van der Waals surface area contributed by atoms with E-state index in [1.165, 1.54) is 12.1 Å². The molecule has 1 atom stereocenters. The molecule has 0 bridgehead atoms. The number of hydrogen-bond acceptors (Lipinski definition) is 5. The quantitative estimate of drug-likeness (QED) is 0.197. The van der Waals surface area contributed by atoms with Crippen molar-refractivity contribution in [2.75, 3.05) is 26.0 Å². The van der Waals surface area contributed by atoms with Gasteiger partial charge in [-0.1, -0.05) is 84.9 Å². The lowest BCUT2D eigenvalue weighted by molar-refractivity contribution is 0.104. The van der Waals surface area contributed by atoms with Crippen LogP contribution in [0.25, 0.3) is 0 Å². The summed E-state index contributed by atoms with van der Waals surface area (Å²) >= 11 is 0. The van der Waals surface area contributed by atoms with Gasteiger partial charge in [0.1, 0.15) is 24.8 Å². The number of aliphatic hydroxyl groups excluding tert-OH is 1. The fourth-order valence-corrected chi connectivity index (χ4v) is 6.10. The molecule has 0 aliphatic carbocycles. The number of halogens is 1. The van der Waals surface area contributed by atoms with Gasteiger partial charge in [-0.05, 0) is 42.8 Å². The van der Waals surface area contributed by atoms with Gasteiger partial charge in [-0.25, -0.2) is 4.39 Å². The van der Waals surface area contributed by atoms with Crippen molar-refractivity contribution < 1.29 is 23.5 Å². The molecular weight excluding hydrogens is 488 g/mol. The lowest BCUT2D eigenvalue weighted by Gasteiger charge is -2.20. The normalized spacial score (nSPS) is 12.2. The zero-order valence-electron chi connectivity index (χ0n) is 20.5. The van der Waals surface area contributed by atoms with Crippen molar-refractivity contribution in [3.8, 4) is 11.5 Å². The number of benzene rings is 4. The lowest BCUT2D eigenvalue weighted by Crippen LogP contribution is -2.32. The predicted octanol–water partition coefficient (Wildman–Crippen LogP) is 4.75. The Hall–Kier alpha value is -3.44. The molecule has 4 aromatic rings. The Balaban J connectivity index is 1.24. The summed E-state index contributed by atoms with van der Waals surface area (Å²) in [4.78, 5) is 0. The highest BCUT2D eigenvalue weighted by Crippen LogP contribution is 2.43. The largest absolute Gasteiger partial charge is 0.488 e. The van der Waals surface area contributed by atoms with Gasteiger partial charge in [-0.3, -0.25) is 0 Å². The first-order valence-electron chi connectivity index (χ1n) is 12.2. The highest BCUT2D eigenvalue weighted by molar-refractivity contribution is 7.78. The topological polar surface area (TPSA) is 67.8 Å². The second-order valence-corrected chi connectivity index (χ2v) is 11.4. The minimum Gasteiger partial charge on any atom is -0.488 e. The monoisotopic (exact) mass is 519 g/mol. The van der Waals surface area contributed by atoms with Gasteiger partial charge in [0.05, 0.1) is 0 Å². The number of ether oxygens (including phenoxy) is 2. The van der Waals surface area contributed by atoms with Crippen LogP contribution in [0.1, 0.15) is 5.56 Å². The van der Waals surface area contributed by atoms with E-state index in [1.54, 1.807) is 12.1 Å². The van der Waals surface area contributed by atoms with E-state index < -0.39 is 19.1 Å². The molecule has 4 rings (SSSR count). The van der Waals surface area contributed by atoms with Crippen LogP contribution in [0.15, 0.2) is 109 Å². The molecule has 0 fully saturated rings. The van der Waals surface area contributed by atoms with Crippen LogP contribution in [0.5, 0.6) is 11.5 Å². The maximum atomic E-state index is 14.0. The van der Waals surface area contributed by atoms with E-state index in [1.807, 2.05) is 84.9 Å². The van der Waals surface area contributed by atoms with E-state index in [0.717, 1.165) is 22.6 Å². The van der Waals surface area contributed by atoms with Gasteiger partial charge in [0.2, 0.25) is 0 Å². The molecule has 1 unspecified atom stereocenters. The van der Waals surface area contributed by atoms with Gasteiger partial charge in [0, 0.05) is 17.2 Å². The van der Waals surface area contributed by atoms with Crippen LogP contribution in [-0.4, -0.2) is 37.3 Å². The molecule has 37 heavy (non-hydrogen) atoms. The fourth-order valence-electron chi connectivity index (χ4n) is 3.86. The van der Waals surface area contributed by atoms with E-state index in [4.69, 9.17) is 9.47 Å². The molecular formula is C30H31FNO4P. The van der Waals surface area contributed by atoms with Crippen molar-refractivity contribution in [2.24, 2.45) is 0 Å². The van der Waals surface area contributed by atoms with Gasteiger partial charge >= 0.3 is 0 Å². The third kappa shape index (κ3) is 7.53.